The fourth-order valence-electron chi connectivity index (χ4n) is 0.745. The number of hydrogen-bond acceptors (Lipinski definition) is 1. The van der Waals surface area contributed by atoms with Gasteiger partial charge in [0, 0.05) is 5.56 Å². The zero-order valence-electron chi connectivity index (χ0n) is 5.89. The van der Waals surface area contributed by atoms with Crippen LogP contribution in [0.4, 0.5) is 13.2 Å². The van der Waals surface area contributed by atoms with Crippen LogP contribution in [0.2, 0.25) is 0 Å². The lowest BCUT2D eigenvalue weighted by Gasteiger charge is -1.99. The lowest BCUT2D eigenvalue weighted by molar-refractivity contribution is 0.419. The predicted octanol–water partition coefficient (Wildman–Crippen LogP) is 2.50. The highest BCUT2D eigenvalue weighted by molar-refractivity contribution is 5.23. The van der Waals surface area contributed by atoms with Crippen molar-refractivity contribution in [3.8, 4) is 6.07 Å². The summed E-state index contributed by atoms with van der Waals surface area (Å²) < 4.78 is 37.2. The molecule has 0 amide bonds. The van der Waals surface area contributed by atoms with E-state index in [1.165, 1.54) is 6.07 Å². The second-order valence-corrected chi connectivity index (χ2v) is 2.17. The van der Waals surface area contributed by atoms with E-state index in [0.717, 1.165) is 12.1 Å². The third-order valence-corrected chi connectivity index (χ3v) is 1.35. The van der Waals surface area contributed by atoms with Gasteiger partial charge in [0.25, 0.3) is 0 Å². The van der Waals surface area contributed by atoms with Gasteiger partial charge in [-0.05, 0) is 12.1 Å². The van der Waals surface area contributed by atoms with Gasteiger partial charge in [-0.1, -0.05) is 6.07 Å². The monoisotopic (exact) mass is 171 g/mol. The van der Waals surface area contributed by atoms with Gasteiger partial charge in [-0.2, -0.15) is 5.26 Å². The second-order valence-electron chi connectivity index (χ2n) is 2.17. The molecular formula is C8H4F3N. The van der Waals surface area contributed by atoms with Crippen LogP contribution in [-0.4, -0.2) is 0 Å². The van der Waals surface area contributed by atoms with Crippen molar-refractivity contribution in [3.05, 3.63) is 35.4 Å². The molecule has 0 aliphatic carbocycles. The van der Waals surface area contributed by atoms with Gasteiger partial charge in [0.15, 0.2) is 11.6 Å². The summed E-state index contributed by atoms with van der Waals surface area (Å²) in [5.41, 5.74) is -0.170. The van der Waals surface area contributed by atoms with Gasteiger partial charge >= 0.3 is 0 Å². The van der Waals surface area contributed by atoms with E-state index >= 15 is 0 Å². The first kappa shape index (κ1) is 8.60. The Kier molecular flexibility index (Phi) is 2.34. The zero-order valence-corrected chi connectivity index (χ0v) is 5.89. The standard InChI is InChI=1S/C8H4F3N/c9-6-2-1-5(3-7(6)10)8(11)4-12/h1-3,8H. The smallest absolute Gasteiger partial charge is 0.211 e. The number of nitriles is 1. The summed E-state index contributed by atoms with van der Waals surface area (Å²) in [5, 5.41) is 8.11. The molecule has 0 saturated carbocycles. The molecule has 1 aromatic carbocycles. The van der Waals surface area contributed by atoms with Crippen molar-refractivity contribution < 1.29 is 13.2 Å². The molecule has 1 nitrogen and oxygen atoms in total. The summed E-state index contributed by atoms with van der Waals surface area (Å²) in [6.07, 6.45) is -1.90. The molecule has 0 radical (unpaired) electrons. The maximum atomic E-state index is 12.5. The summed E-state index contributed by atoms with van der Waals surface area (Å²) in [4.78, 5) is 0. The third kappa shape index (κ3) is 1.56. The molecule has 0 aliphatic rings. The molecule has 0 spiro atoms. The minimum absolute atomic E-state index is 0.170. The Morgan fingerprint density at radius 1 is 1.25 bits per heavy atom. The molecule has 0 fully saturated rings. The summed E-state index contributed by atoms with van der Waals surface area (Å²) >= 11 is 0. The molecule has 1 aromatic rings. The molecule has 0 aromatic heterocycles. The Hall–Kier alpha value is -1.50. The van der Waals surface area contributed by atoms with Gasteiger partial charge in [-0.3, -0.25) is 0 Å². The highest BCUT2D eigenvalue weighted by Gasteiger charge is 2.10. The van der Waals surface area contributed by atoms with E-state index in [0.29, 0.717) is 6.07 Å². The Morgan fingerprint density at radius 3 is 2.42 bits per heavy atom. The largest absolute Gasteiger partial charge is 0.226 e. The van der Waals surface area contributed by atoms with Gasteiger partial charge < -0.3 is 0 Å². The molecule has 1 atom stereocenters. The molecule has 1 unspecified atom stereocenters. The molecule has 12 heavy (non-hydrogen) atoms. The average Bonchev–Trinajstić information content (AvgIpc) is 2.08. The SMILES string of the molecule is N#CC(F)c1ccc(F)c(F)c1. The fourth-order valence-corrected chi connectivity index (χ4v) is 0.745. The molecule has 62 valence electrons. The van der Waals surface area contributed by atoms with Gasteiger partial charge in [0.1, 0.15) is 6.07 Å². The number of alkyl halides is 1. The predicted molar refractivity (Wildman–Crippen MR) is 35.8 cm³/mol. The molecule has 0 aliphatic heterocycles. The number of rotatable bonds is 1. The van der Waals surface area contributed by atoms with Crippen molar-refractivity contribution in [1.29, 1.82) is 5.26 Å². The Bertz CT molecular complexity index is 330. The van der Waals surface area contributed by atoms with Gasteiger partial charge in [-0.25, -0.2) is 13.2 Å². The van der Waals surface area contributed by atoms with Crippen LogP contribution in [0.3, 0.4) is 0 Å². The maximum absolute atomic E-state index is 12.5. The zero-order chi connectivity index (χ0) is 9.14. The van der Waals surface area contributed by atoms with Crippen LogP contribution in [0.25, 0.3) is 0 Å². The minimum atomic E-state index is -1.90. The molecule has 0 heterocycles. The first-order chi connectivity index (χ1) is 5.65. The lowest BCUT2D eigenvalue weighted by Crippen LogP contribution is -1.91. The molecule has 0 N–H and O–H groups in total. The Labute approximate surface area is 67.1 Å². The molecule has 0 saturated heterocycles. The lowest BCUT2D eigenvalue weighted by atomic mass is 10.1. The van der Waals surface area contributed by atoms with Crippen LogP contribution in [0.5, 0.6) is 0 Å². The highest BCUT2D eigenvalue weighted by Crippen LogP contribution is 2.18. The Balaban J connectivity index is 3.06. The number of halogens is 3. The van der Waals surface area contributed by atoms with Gasteiger partial charge in [0.2, 0.25) is 6.17 Å². The summed E-state index contributed by atoms with van der Waals surface area (Å²) in [7, 11) is 0. The van der Waals surface area contributed by atoms with Gasteiger partial charge in [-0.15, -0.1) is 0 Å². The van der Waals surface area contributed by atoms with Crippen LogP contribution in [0.1, 0.15) is 11.7 Å². The topological polar surface area (TPSA) is 23.8 Å². The van der Waals surface area contributed by atoms with Crippen molar-refractivity contribution >= 4 is 0 Å². The number of nitrogens with zero attached hydrogens (tertiary/aromatic N) is 1. The van der Waals surface area contributed by atoms with Crippen LogP contribution < -0.4 is 0 Å². The molecule has 4 heteroatoms. The molecule has 0 bridgehead atoms. The maximum Gasteiger partial charge on any atom is 0.211 e. The second kappa shape index (κ2) is 3.26. The Morgan fingerprint density at radius 2 is 1.92 bits per heavy atom. The minimum Gasteiger partial charge on any atom is -0.226 e. The van der Waals surface area contributed by atoms with E-state index in [1.807, 2.05) is 0 Å². The van der Waals surface area contributed by atoms with Crippen LogP contribution in [-0.2, 0) is 0 Å². The van der Waals surface area contributed by atoms with E-state index in [2.05, 4.69) is 0 Å². The van der Waals surface area contributed by atoms with Crippen molar-refractivity contribution in [2.75, 3.05) is 0 Å². The average molecular weight is 171 g/mol. The first-order valence-electron chi connectivity index (χ1n) is 3.14. The summed E-state index contributed by atoms with van der Waals surface area (Å²) in [6.45, 7) is 0. The van der Waals surface area contributed by atoms with E-state index in [4.69, 9.17) is 5.26 Å². The van der Waals surface area contributed by atoms with Crippen LogP contribution >= 0.6 is 0 Å². The quantitative estimate of drug-likeness (QED) is 0.636. The first-order valence-corrected chi connectivity index (χ1v) is 3.14. The van der Waals surface area contributed by atoms with E-state index in [9.17, 15) is 13.2 Å². The molecular weight excluding hydrogens is 167 g/mol. The summed E-state index contributed by atoms with van der Waals surface area (Å²) in [6, 6.07) is 3.76. The normalized spacial score (nSPS) is 12.2. The third-order valence-electron chi connectivity index (χ3n) is 1.35. The van der Waals surface area contributed by atoms with Crippen molar-refractivity contribution in [2.45, 2.75) is 6.17 Å². The van der Waals surface area contributed by atoms with Crippen molar-refractivity contribution in [2.24, 2.45) is 0 Å². The fraction of sp³-hybridized carbons (Fsp3) is 0.125. The van der Waals surface area contributed by atoms with E-state index in [1.54, 1.807) is 0 Å². The van der Waals surface area contributed by atoms with Crippen LogP contribution in [0, 0.1) is 23.0 Å². The van der Waals surface area contributed by atoms with Crippen LogP contribution in [0.15, 0.2) is 18.2 Å². The van der Waals surface area contributed by atoms with Gasteiger partial charge in [0.05, 0.1) is 0 Å². The highest BCUT2D eigenvalue weighted by atomic mass is 19.2. The van der Waals surface area contributed by atoms with E-state index in [-0.39, 0.29) is 5.56 Å². The number of benzene rings is 1. The van der Waals surface area contributed by atoms with Crippen molar-refractivity contribution in [1.82, 2.24) is 0 Å². The molecule has 1 rings (SSSR count). The number of hydrogen-bond donors (Lipinski definition) is 0. The van der Waals surface area contributed by atoms with E-state index < -0.39 is 17.8 Å². The summed E-state index contributed by atoms with van der Waals surface area (Å²) in [5.74, 6) is -2.20. The van der Waals surface area contributed by atoms with Crippen molar-refractivity contribution in [3.63, 3.8) is 0 Å².